The monoisotopic (exact) mass is 211 g/mol. The molecule has 0 atom stereocenters. The zero-order valence-electron chi connectivity index (χ0n) is 8.38. The van der Waals surface area contributed by atoms with Crippen molar-refractivity contribution in [3.63, 3.8) is 0 Å². The van der Waals surface area contributed by atoms with Crippen LogP contribution in [0, 0.1) is 6.92 Å². The molecular formula is C11H14ClNO. The molecule has 0 aromatic heterocycles. The zero-order chi connectivity index (χ0) is 10.6. The van der Waals surface area contributed by atoms with E-state index in [4.69, 9.17) is 22.1 Å². The van der Waals surface area contributed by atoms with Gasteiger partial charge in [0.15, 0.2) is 0 Å². The molecule has 0 unspecified atom stereocenters. The third kappa shape index (κ3) is 2.50. The number of halogens is 1. The summed E-state index contributed by atoms with van der Waals surface area (Å²) in [6.45, 7) is 2.50. The number of benzene rings is 1. The third-order valence-corrected chi connectivity index (χ3v) is 2.14. The van der Waals surface area contributed by atoms with Crippen LogP contribution in [0.2, 0.25) is 5.02 Å². The van der Waals surface area contributed by atoms with Crippen molar-refractivity contribution in [3.8, 4) is 5.75 Å². The van der Waals surface area contributed by atoms with Crippen molar-refractivity contribution >= 4 is 17.7 Å². The van der Waals surface area contributed by atoms with Gasteiger partial charge in [0.05, 0.1) is 12.1 Å². The first-order valence-corrected chi connectivity index (χ1v) is 4.77. The highest BCUT2D eigenvalue weighted by atomic mass is 35.5. The maximum Gasteiger partial charge on any atom is 0.144 e. The quantitative estimate of drug-likeness (QED) is 0.834. The Morgan fingerprint density at radius 3 is 2.79 bits per heavy atom. The van der Waals surface area contributed by atoms with E-state index in [9.17, 15) is 0 Å². The molecule has 1 aromatic rings. The average molecular weight is 212 g/mol. The normalized spacial score (nSPS) is 10.9. The van der Waals surface area contributed by atoms with Crippen LogP contribution in [-0.2, 0) is 0 Å². The molecule has 0 amide bonds. The summed E-state index contributed by atoms with van der Waals surface area (Å²) in [6, 6.07) is 3.89. The molecule has 0 saturated carbocycles. The number of hydrogen-bond acceptors (Lipinski definition) is 2. The van der Waals surface area contributed by atoms with E-state index in [1.807, 2.05) is 31.2 Å². The summed E-state index contributed by atoms with van der Waals surface area (Å²) in [6.07, 6.45) is 3.78. The van der Waals surface area contributed by atoms with Crippen LogP contribution in [0.15, 0.2) is 18.2 Å². The van der Waals surface area contributed by atoms with Crippen molar-refractivity contribution in [2.24, 2.45) is 5.73 Å². The molecule has 0 spiro atoms. The minimum atomic E-state index is 0.509. The molecular weight excluding hydrogens is 198 g/mol. The number of ether oxygens (including phenoxy) is 1. The van der Waals surface area contributed by atoms with Gasteiger partial charge in [0.25, 0.3) is 0 Å². The summed E-state index contributed by atoms with van der Waals surface area (Å²) >= 11 is 6.02. The maximum atomic E-state index is 6.02. The topological polar surface area (TPSA) is 35.2 Å². The number of rotatable bonds is 3. The van der Waals surface area contributed by atoms with Gasteiger partial charge >= 0.3 is 0 Å². The standard InChI is InChI=1S/C11H14ClNO/c1-8-6-9(4-3-5-13)11(14-2)10(12)7-8/h3-4,6-7H,5,13H2,1-2H3/b4-3+. The third-order valence-electron chi connectivity index (χ3n) is 1.85. The Balaban J connectivity index is 3.18. The first kappa shape index (κ1) is 11.1. The SMILES string of the molecule is COc1c(Cl)cc(C)cc1/C=C/CN. The Morgan fingerprint density at radius 1 is 1.50 bits per heavy atom. The number of methoxy groups -OCH3 is 1. The average Bonchev–Trinajstić information content (AvgIpc) is 2.14. The van der Waals surface area contributed by atoms with Crippen molar-refractivity contribution in [2.75, 3.05) is 13.7 Å². The Labute approximate surface area is 89.3 Å². The van der Waals surface area contributed by atoms with Crippen molar-refractivity contribution < 1.29 is 4.74 Å². The van der Waals surface area contributed by atoms with E-state index in [1.165, 1.54) is 0 Å². The van der Waals surface area contributed by atoms with E-state index in [1.54, 1.807) is 7.11 Å². The van der Waals surface area contributed by atoms with Crippen LogP contribution in [0.3, 0.4) is 0 Å². The molecule has 76 valence electrons. The minimum Gasteiger partial charge on any atom is -0.495 e. The Kier molecular flexibility index (Phi) is 3.98. The molecule has 0 aliphatic heterocycles. The molecule has 2 nitrogen and oxygen atoms in total. The molecule has 2 N–H and O–H groups in total. The lowest BCUT2D eigenvalue weighted by Crippen LogP contribution is -1.93. The molecule has 0 radical (unpaired) electrons. The van der Waals surface area contributed by atoms with Crippen LogP contribution in [0.1, 0.15) is 11.1 Å². The van der Waals surface area contributed by atoms with Gasteiger partial charge in [0.2, 0.25) is 0 Å². The van der Waals surface area contributed by atoms with Crippen molar-refractivity contribution in [2.45, 2.75) is 6.92 Å². The second-order valence-corrected chi connectivity index (χ2v) is 3.41. The minimum absolute atomic E-state index is 0.509. The number of hydrogen-bond donors (Lipinski definition) is 1. The molecule has 0 saturated heterocycles. The van der Waals surface area contributed by atoms with E-state index in [-0.39, 0.29) is 0 Å². The Bertz CT molecular complexity index is 347. The second kappa shape index (κ2) is 5.03. The smallest absolute Gasteiger partial charge is 0.144 e. The van der Waals surface area contributed by atoms with Crippen LogP contribution in [0.5, 0.6) is 5.75 Å². The predicted octanol–water partition coefficient (Wildman–Crippen LogP) is 2.63. The van der Waals surface area contributed by atoms with E-state index in [2.05, 4.69) is 0 Å². The second-order valence-electron chi connectivity index (χ2n) is 3.01. The summed E-state index contributed by atoms with van der Waals surface area (Å²) in [5, 5.41) is 0.629. The van der Waals surface area contributed by atoms with Crippen molar-refractivity contribution in [1.29, 1.82) is 0 Å². The fraction of sp³-hybridized carbons (Fsp3) is 0.273. The first-order valence-electron chi connectivity index (χ1n) is 4.39. The molecule has 0 bridgehead atoms. The highest BCUT2D eigenvalue weighted by Crippen LogP contribution is 2.30. The highest BCUT2D eigenvalue weighted by molar-refractivity contribution is 6.32. The van der Waals surface area contributed by atoms with Gasteiger partial charge in [-0.1, -0.05) is 23.8 Å². The largest absolute Gasteiger partial charge is 0.495 e. The summed E-state index contributed by atoms with van der Waals surface area (Å²) in [5.74, 6) is 0.696. The molecule has 0 aliphatic carbocycles. The molecule has 0 aliphatic rings. The highest BCUT2D eigenvalue weighted by Gasteiger charge is 2.05. The van der Waals surface area contributed by atoms with Gasteiger partial charge in [-0.05, 0) is 24.6 Å². The van der Waals surface area contributed by atoms with Gasteiger partial charge in [-0.2, -0.15) is 0 Å². The van der Waals surface area contributed by atoms with E-state index in [0.717, 1.165) is 11.1 Å². The Hall–Kier alpha value is -0.990. The van der Waals surface area contributed by atoms with E-state index >= 15 is 0 Å². The predicted molar refractivity (Wildman–Crippen MR) is 60.8 cm³/mol. The fourth-order valence-corrected chi connectivity index (χ4v) is 1.65. The summed E-state index contributed by atoms with van der Waals surface area (Å²) in [5.41, 5.74) is 7.45. The summed E-state index contributed by atoms with van der Waals surface area (Å²) in [4.78, 5) is 0. The first-order chi connectivity index (χ1) is 6.69. The summed E-state index contributed by atoms with van der Waals surface area (Å²) < 4.78 is 5.20. The Morgan fingerprint density at radius 2 is 2.21 bits per heavy atom. The zero-order valence-corrected chi connectivity index (χ0v) is 9.14. The van der Waals surface area contributed by atoms with E-state index < -0.39 is 0 Å². The van der Waals surface area contributed by atoms with Crippen LogP contribution in [0.25, 0.3) is 6.08 Å². The van der Waals surface area contributed by atoms with Crippen LogP contribution < -0.4 is 10.5 Å². The van der Waals surface area contributed by atoms with Gasteiger partial charge in [-0.3, -0.25) is 0 Å². The van der Waals surface area contributed by atoms with E-state index in [0.29, 0.717) is 17.3 Å². The molecule has 0 fully saturated rings. The fourth-order valence-electron chi connectivity index (χ4n) is 1.29. The molecule has 0 heterocycles. The van der Waals surface area contributed by atoms with Crippen molar-refractivity contribution in [1.82, 2.24) is 0 Å². The molecule has 3 heteroatoms. The number of nitrogens with two attached hydrogens (primary N) is 1. The van der Waals surface area contributed by atoms with Gasteiger partial charge < -0.3 is 10.5 Å². The van der Waals surface area contributed by atoms with Gasteiger partial charge in [-0.25, -0.2) is 0 Å². The molecule has 1 aromatic carbocycles. The lowest BCUT2D eigenvalue weighted by Gasteiger charge is -2.08. The maximum absolute atomic E-state index is 6.02. The lowest BCUT2D eigenvalue weighted by molar-refractivity contribution is 0.414. The van der Waals surface area contributed by atoms with Gasteiger partial charge in [0.1, 0.15) is 5.75 Å². The molecule has 14 heavy (non-hydrogen) atoms. The lowest BCUT2D eigenvalue weighted by atomic mass is 10.1. The van der Waals surface area contributed by atoms with Gasteiger partial charge in [-0.15, -0.1) is 0 Å². The summed E-state index contributed by atoms with van der Waals surface area (Å²) in [7, 11) is 1.61. The number of aryl methyl sites for hydroxylation is 1. The molecule has 1 rings (SSSR count). The van der Waals surface area contributed by atoms with Gasteiger partial charge in [0, 0.05) is 12.1 Å². The van der Waals surface area contributed by atoms with Crippen LogP contribution in [-0.4, -0.2) is 13.7 Å². The van der Waals surface area contributed by atoms with Crippen LogP contribution in [0.4, 0.5) is 0 Å². The van der Waals surface area contributed by atoms with Crippen LogP contribution >= 0.6 is 11.6 Å². The van der Waals surface area contributed by atoms with Crippen molar-refractivity contribution in [3.05, 3.63) is 34.4 Å².